The highest BCUT2D eigenvalue weighted by atomic mass is 16.5. The van der Waals surface area contributed by atoms with Crippen LogP contribution in [0.5, 0.6) is 5.75 Å². The summed E-state index contributed by atoms with van der Waals surface area (Å²) < 4.78 is 5.11. The average molecular weight is 259 g/mol. The second-order valence-electron chi connectivity index (χ2n) is 3.72. The van der Waals surface area contributed by atoms with Crippen molar-refractivity contribution in [3.05, 3.63) is 34.9 Å². The Kier molecular flexibility index (Phi) is 4.66. The van der Waals surface area contributed by atoms with Crippen LogP contribution in [0.15, 0.2) is 23.8 Å². The molecule has 6 heteroatoms. The van der Waals surface area contributed by atoms with Gasteiger partial charge >= 0.3 is 6.03 Å². The topological polar surface area (TPSA) is 105 Å². The lowest BCUT2D eigenvalue weighted by molar-refractivity contribution is -0.115. The molecule has 0 atom stereocenters. The van der Waals surface area contributed by atoms with Crippen LogP contribution in [0.1, 0.15) is 11.1 Å². The number of nitrogens with one attached hydrogen (secondary N) is 1. The van der Waals surface area contributed by atoms with Gasteiger partial charge in [0.25, 0.3) is 5.91 Å². The Morgan fingerprint density at radius 2 is 2.16 bits per heavy atom. The molecule has 19 heavy (non-hydrogen) atoms. The average Bonchev–Trinajstić information content (AvgIpc) is 2.35. The highest BCUT2D eigenvalue weighted by Gasteiger charge is 2.11. The van der Waals surface area contributed by atoms with Crippen LogP contribution in [0.2, 0.25) is 0 Å². The Hall–Kier alpha value is -2.81. The van der Waals surface area contributed by atoms with Crippen LogP contribution in [0, 0.1) is 18.3 Å². The molecule has 3 N–H and O–H groups in total. The molecule has 0 heterocycles. The van der Waals surface area contributed by atoms with Crippen LogP contribution in [0.25, 0.3) is 6.08 Å². The molecule has 0 saturated heterocycles. The van der Waals surface area contributed by atoms with Crippen LogP contribution in [-0.2, 0) is 4.79 Å². The fourth-order valence-corrected chi connectivity index (χ4v) is 1.49. The first-order valence-corrected chi connectivity index (χ1v) is 5.35. The van der Waals surface area contributed by atoms with Crippen molar-refractivity contribution >= 4 is 18.0 Å². The molecule has 3 amide bonds. The van der Waals surface area contributed by atoms with Gasteiger partial charge in [0.1, 0.15) is 17.4 Å². The fourth-order valence-electron chi connectivity index (χ4n) is 1.49. The molecule has 6 nitrogen and oxygen atoms in total. The first kappa shape index (κ1) is 14.3. The molecule has 0 spiro atoms. The molecule has 1 aromatic carbocycles. The van der Waals surface area contributed by atoms with E-state index in [0.717, 1.165) is 5.56 Å². The van der Waals surface area contributed by atoms with Gasteiger partial charge in [-0.15, -0.1) is 0 Å². The molecular weight excluding hydrogens is 246 g/mol. The molecule has 1 aromatic rings. The largest absolute Gasteiger partial charge is 0.496 e. The second kappa shape index (κ2) is 6.21. The number of carbonyl (C=O) groups excluding carboxylic acids is 2. The fraction of sp³-hybridized carbons (Fsp3) is 0.154. The summed E-state index contributed by atoms with van der Waals surface area (Å²) >= 11 is 0. The summed E-state index contributed by atoms with van der Waals surface area (Å²) in [5, 5.41) is 10.7. The molecule has 0 aliphatic rings. The predicted octanol–water partition coefficient (Wildman–Crippen LogP) is 1.11. The van der Waals surface area contributed by atoms with E-state index in [-0.39, 0.29) is 5.57 Å². The van der Waals surface area contributed by atoms with Crippen LogP contribution >= 0.6 is 0 Å². The number of rotatable bonds is 3. The number of hydrogen-bond donors (Lipinski definition) is 2. The van der Waals surface area contributed by atoms with E-state index in [9.17, 15) is 9.59 Å². The lowest BCUT2D eigenvalue weighted by atomic mass is 10.1. The minimum absolute atomic E-state index is 0.205. The summed E-state index contributed by atoms with van der Waals surface area (Å²) in [7, 11) is 1.55. The van der Waals surface area contributed by atoms with Crippen molar-refractivity contribution in [2.45, 2.75) is 6.92 Å². The summed E-state index contributed by atoms with van der Waals surface area (Å²) in [5.41, 5.74) is 6.12. The highest BCUT2D eigenvalue weighted by molar-refractivity contribution is 6.08. The summed E-state index contributed by atoms with van der Waals surface area (Å²) in [5.74, 6) is -0.124. The van der Waals surface area contributed by atoms with E-state index in [1.807, 2.05) is 12.2 Å². The zero-order valence-electron chi connectivity index (χ0n) is 10.6. The second-order valence-corrected chi connectivity index (χ2v) is 3.72. The van der Waals surface area contributed by atoms with Crippen LogP contribution in [-0.4, -0.2) is 19.0 Å². The van der Waals surface area contributed by atoms with Gasteiger partial charge in [0.15, 0.2) is 0 Å². The standard InChI is InChI=1S/C13H13N3O3/c1-8-5-9(3-4-11(8)19-2)6-10(7-14)12(17)16-13(15)18/h3-6H,1-2H3,(H3,15,16,17,18)/b10-6-. The first-order valence-electron chi connectivity index (χ1n) is 5.35. The van der Waals surface area contributed by atoms with Crippen molar-refractivity contribution in [1.82, 2.24) is 5.32 Å². The van der Waals surface area contributed by atoms with Gasteiger partial charge in [0.2, 0.25) is 0 Å². The Morgan fingerprint density at radius 1 is 1.47 bits per heavy atom. The van der Waals surface area contributed by atoms with Crippen molar-refractivity contribution in [3.63, 3.8) is 0 Å². The molecule has 0 aliphatic carbocycles. The summed E-state index contributed by atoms with van der Waals surface area (Å²) in [4.78, 5) is 22.0. The number of ether oxygens (including phenoxy) is 1. The number of carbonyl (C=O) groups is 2. The van der Waals surface area contributed by atoms with E-state index >= 15 is 0 Å². The molecule has 0 bridgehead atoms. The normalized spacial score (nSPS) is 10.5. The Bertz CT molecular complexity index is 585. The smallest absolute Gasteiger partial charge is 0.319 e. The lowest BCUT2D eigenvalue weighted by Crippen LogP contribution is -2.35. The van der Waals surface area contributed by atoms with Gasteiger partial charge in [-0.25, -0.2) is 4.79 Å². The molecule has 1 rings (SSSR count). The van der Waals surface area contributed by atoms with Crippen molar-refractivity contribution in [2.24, 2.45) is 5.73 Å². The van der Waals surface area contributed by atoms with Gasteiger partial charge in [-0.05, 0) is 36.3 Å². The van der Waals surface area contributed by atoms with E-state index in [1.54, 1.807) is 31.4 Å². The van der Waals surface area contributed by atoms with E-state index in [0.29, 0.717) is 11.3 Å². The predicted molar refractivity (Wildman–Crippen MR) is 69.0 cm³/mol. The highest BCUT2D eigenvalue weighted by Crippen LogP contribution is 2.19. The maximum Gasteiger partial charge on any atom is 0.319 e. The molecule has 0 fully saturated rings. The van der Waals surface area contributed by atoms with E-state index in [2.05, 4.69) is 0 Å². The number of imide groups is 1. The number of amides is 3. The number of aryl methyl sites for hydroxylation is 1. The number of urea groups is 1. The van der Waals surface area contributed by atoms with E-state index < -0.39 is 11.9 Å². The van der Waals surface area contributed by atoms with Gasteiger partial charge in [0.05, 0.1) is 7.11 Å². The minimum Gasteiger partial charge on any atom is -0.496 e. The molecule has 0 unspecified atom stereocenters. The quantitative estimate of drug-likeness (QED) is 0.626. The molecule has 0 aromatic heterocycles. The molecular formula is C13H13N3O3. The maximum atomic E-state index is 11.5. The SMILES string of the molecule is COc1ccc(/C=C(/C#N)C(=O)NC(N)=O)cc1C. The number of nitrogens with two attached hydrogens (primary N) is 1. The van der Waals surface area contributed by atoms with Gasteiger partial charge in [-0.2, -0.15) is 5.26 Å². The van der Waals surface area contributed by atoms with Crippen molar-refractivity contribution in [2.75, 3.05) is 7.11 Å². The monoisotopic (exact) mass is 259 g/mol. The minimum atomic E-state index is -1.00. The van der Waals surface area contributed by atoms with Crippen LogP contribution < -0.4 is 15.8 Å². The third-order valence-electron chi connectivity index (χ3n) is 2.33. The maximum absolute atomic E-state index is 11.5. The zero-order chi connectivity index (χ0) is 14.4. The Morgan fingerprint density at radius 3 is 2.63 bits per heavy atom. The number of nitrogens with zero attached hydrogens (tertiary/aromatic N) is 1. The molecule has 98 valence electrons. The Labute approximate surface area is 110 Å². The van der Waals surface area contributed by atoms with E-state index in [4.69, 9.17) is 15.7 Å². The van der Waals surface area contributed by atoms with Gasteiger partial charge in [-0.3, -0.25) is 10.1 Å². The van der Waals surface area contributed by atoms with Crippen LogP contribution in [0.3, 0.4) is 0 Å². The number of primary amides is 1. The molecule has 0 saturated carbocycles. The number of hydrogen-bond acceptors (Lipinski definition) is 4. The van der Waals surface area contributed by atoms with Gasteiger partial charge in [-0.1, -0.05) is 6.07 Å². The zero-order valence-corrected chi connectivity index (χ0v) is 10.6. The van der Waals surface area contributed by atoms with Gasteiger partial charge < -0.3 is 10.5 Å². The van der Waals surface area contributed by atoms with Gasteiger partial charge in [0, 0.05) is 0 Å². The molecule has 0 radical (unpaired) electrons. The third kappa shape index (κ3) is 3.85. The summed E-state index contributed by atoms with van der Waals surface area (Å²) in [6, 6.07) is 5.89. The number of nitriles is 1. The Balaban J connectivity index is 3.05. The van der Waals surface area contributed by atoms with Crippen molar-refractivity contribution < 1.29 is 14.3 Å². The van der Waals surface area contributed by atoms with Crippen molar-refractivity contribution in [1.29, 1.82) is 5.26 Å². The first-order chi connectivity index (χ1) is 8.97. The lowest BCUT2D eigenvalue weighted by Gasteiger charge is -2.05. The third-order valence-corrected chi connectivity index (χ3v) is 2.33. The summed E-state index contributed by atoms with van der Waals surface area (Å²) in [6.45, 7) is 1.84. The molecule has 0 aliphatic heterocycles. The van der Waals surface area contributed by atoms with Crippen molar-refractivity contribution in [3.8, 4) is 11.8 Å². The van der Waals surface area contributed by atoms with Crippen LogP contribution in [0.4, 0.5) is 4.79 Å². The number of benzene rings is 1. The number of methoxy groups -OCH3 is 1. The summed E-state index contributed by atoms with van der Waals surface area (Å²) in [6.07, 6.45) is 1.37. The van der Waals surface area contributed by atoms with E-state index in [1.165, 1.54) is 6.08 Å².